The Morgan fingerprint density at radius 2 is 1.94 bits per heavy atom. The number of hydrogen-bond acceptors (Lipinski definition) is 3. The van der Waals surface area contributed by atoms with Crippen molar-refractivity contribution < 1.29 is 4.79 Å². The normalized spacial score (nSPS) is 16.6. The molecule has 4 heteroatoms. The van der Waals surface area contributed by atoms with Crippen molar-refractivity contribution >= 4 is 5.91 Å². The lowest BCUT2D eigenvalue weighted by molar-refractivity contribution is -0.120. The van der Waals surface area contributed by atoms with Crippen LogP contribution < -0.4 is 10.6 Å². The minimum absolute atomic E-state index is 0.157. The topological polar surface area (TPSA) is 44.4 Å². The minimum Gasteiger partial charge on any atom is -0.352 e. The standard InChI is InChI=1S/C13H27N3O/c1-16(2)10-6-5-9-14-11-13(17)15-12-7-3-4-8-12/h12,14H,3-11H2,1-2H3,(H,15,17). The van der Waals surface area contributed by atoms with E-state index in [9.17, 15) is 4.79 Å². The van der Waals surface area contributed by atoms with Crippen molar-refractivity contribution in [3.8, 4) is 0 Å². The average Bonchev–Trinajstić information content (AvgIpc) is 2.75. The summed E-state index contributed by atoms with van der Waals surface area (Å²) in [6.07, 6.45) is 7.17. The van der Waals surface area contributed by atoms with Gasteiger partial charge < -0.3 is 15.5 Å². The van der Waals surface area contributed by atoms with Crippen LogP contribution in [0.3, 0.4) is 0 Å². The maximum absolute atomic E-state index is 11.6. The number of nitrogens with one attached hydrogen (secondary N) is 2. The second-order valence-corrected chi connectivity index (χ2v) is 5.24. The zero-order valence-corrected chi connectivity index (χ0v) is 11.3. The van der Waals surface area contributed by atoms with E-state index in [0.717, 1.165) is 32.4 Å². The highest BCUT2D eigenvalue weighted by molar-refractivity contribution is 5.78. The molecule has 1 aliphatic carbocycles. The van der Waals surface area contributed by atoms with E-state index in [1.165, 1.54) is 19.3 Å². The molecule has 1 fully saturated rings. The molecule has 1 saturated carbocycles. The van der Waals surface area contributed by atoms with Crippen molar-refractivity contribution in [2.24, 2.45) is 0 Å². The molecule has 0 saturated heterocycles. The van der Waals surface area contributed by atoms with Crippen LogP contribution in [0.25, 0.3) is 0 Å². The van der Waals surface area contributed by atoms with Crippen molar-refractivity contribution in [3.05, 3.63) is 0 Å². The Bertz CT molecular complexity index is 213. The van der Waals surface area contributed by atoms with Crippen LogP contribution in [0.1, 0.15) is 38.5 Å². The van der Waals surface area contributed by atoms with Crippen LogP contribution in [-0.2, 0) is 4.79 Å². The highest BCUT2D eigenvalue weighted by Crippen LogP contribution is 2.17. The van der Waals surface area contributed by atoms with E-state index >= 15 is 0 Å². The average molecular weight is 241 g/mol. The first-order chi connectivity index (χ1) is 8.18. The zero-order chi connectivity index (χ0) is 12.5. The third-order valence-corrected chi connectivity index (χ3v) is 3.21. The number of amides is 1. The largest absolute Gasteiger partial charge is 0.352 e. The van der Waals surface area contributed by atoms with E-state index in [2.05, 4.69) is 29.6 Å². The molecule has 0 aromatic carbocycles. The van der Waals surface area contributed by atoms with E-state index in [4.69, 9.17) is 0 Å². The van der Waals surface area contributed by atoms with Gasteiger partial charge in [-0.05, 0) is 52.9 Å². The molecule has 0 aliphatic heterocycles. The molecule has 0 bridgehead atoms. The predicted octanol–water partition coefficient (Wildman–Crippen LogP) is 0.977. The molecule has 2 N–H and O–H groups in total. The summed E-state index contributed by atoms with van der Waals surface area (Å²) >= 11 is 0. The molecule has 0 aromatic rings. The molecule has 1 aliphatic rings. The second-order valence-electron chi connectivity index (χ2n) is 5.24. The van der Waals surface area contributed by atoms with Crippen LogP contribution in [-0.4, -0.2) is 50.6 Å². The van der Waals surface area contributed by atoms with Gasteiger partial charge >= 0.3 is 0 Å². The molecule has 0 radical (unpaired) electrons. The summed E-state index contributed by atoms with van der Waals surface area (Å²) in [6.45, 7) is 2.53. The monoisotopic (exact) mass is 241 g/mol. The summed E-state index contributed by atoms with van der Waals surface area (Å²) in [5, 5.41) is 6.28. The number of unbranched alkanes of at least 4 members (excludes halogenated alkanes) is 1. The van der Waals surface area contributed by atoms with Gasteiger partial charge in [0, 0.05) is 6.04 Å². The Morgan fingerprint density at radius 3 is 2.59 bits per heavy atom. The fourth-order valence-corrected chi connectivity index (χ4v) is 2.23. The van der Waals surface area contributed by atoms with E-state index < -0.39 is 0 Å². The van der Waals surface area contributed by atoms with Gasteiger partial charge in [0.25, 0.3) is 0 Å². The predicted molar refractivity (Wildman–Crippen MR) is 71.1 cm³/mol. The van der Waals surface area contributed by atoms with Gasteiger partial charge in [-0.1, -0.05) is 12.8 Å². The van der Waals surface area contributed by atoms with E-state index in [1.807, 2.05) is 0 Å². The van der Waals surface area contributed by atoms with Gasteiger partial charge in [0.1, 0.15) is 0 Å². The number of carbonyl (C=O) groups excluding carboxylic acids is 1. The first-order valence-corrected chi connectivity index (χ1v) is 6.83. The van der Waals surface area contributed by atoms with Crippen molar-refractivity contribution in [3.63, 3.8) is 0 Å². The molecule has 0 atom stereocenters. The zero-order valence-electron chi connectivity index (χ0n) is 11.3. The third-order valence-electron chi connectivity index (χ3n) is 3.21. The van der Waals surface area contributed by atoms with Crippen molar-refractivity contribution in [2.45, 2.75) is 44.6 Å². The maximum Gasteiger partial charge on any atom is 0.234 e. The Hall–Kier alpha value is -0.610. The summed E-state index contributed by atoms with van der Waals surface area (Å²) in [7, 11) is 4.17. The summed E-state index contributed by atoms with van der Waals surface area (Å²) in [5.41, 5.74) is 0. The lowest BCUT2D eigenvalue weighted by Crippen LogP contribution is -2.39. The summed E-state index contributed by atoms with van der Waals surface area (Å²) < 4.78 is 0. The highest BCUT2D eigenvalue weighted by Gasteiger charge is 2.16. The van der Waals surface area contributed by atoms with E-state index in [-0.39, 0.29) is 5.91 Å². The molecule has 17 heavy (non-hydrogen) atoms. The first kappa shape index (κ1) is 14.5. The molecule has 0 unspecified atom stereocenters. The Labute approximate surface area is 105 Å². The highest BCUT2D eigenvalue weighted by atomic mass is 16.1. The second kappa shape index (κ2) is 8.48. The van der Waals surface area contributed by atoms with Crippen molar-refractivity contribution in [1.82, 2.24) is 15.5 Å². The van der Waals surface area contributed by atoms with Gasteiger partial charge in [-0.15, -0.1) is 0 Å². The summed E-state index contributed by atoms with van der Waals surface area (Å²) in [6, 6.07) is 0.443. The molecular formula is C13H27N3O. The first-order valence-electron chi connectivity index (χ1n) is 6.83. The van der Waals surface area contributed by atoms with Crippen LogP contribution >= 0.6 is 0 Å². The molecule has 1 amide bonds. The Balaban J connectivity index is 1.89. The van der Waals surface area contributed by atoms with Crippen LogP contribution in [0.4, 0.5) is 0 Å². The SMILES string of the molecule is CN(C)CCCCNCC(=O)NC1CCCC1. The van der Waals surface area contributed by atoms with Crippen molar-refractivity contribution in [1.29, 1.82) is 0 Å². The van der Waals surface area contributed by atoms with E-state index in [1.54, 1.807) is 0 Å². The quantitative estimate of drug-likeness (QED) is 0.623. The number of carbonyl (C=O) groups is 1. The Morgan fingerprint density at radius 1 is 1.24 bits per heavy atom. The van der Waals surface area contributed by atoms with Crippen molar-refractivity contribution in [2.75, 3.05) is 33.7 Å². The van der Waals surface area contributed by atoms with Crippen LogP contribution in [0.15, 0.2) is 0 Å². The molecule has 0 spiro atoms. The fourth-order valence-electron chi connectivity index (χ4n) is 2.23. The van der Waals surface area contributed by atoms with Gasteiger partial charge in [0.2, 0.25) is 5.91 Å². The summed E-state index contributed by atoms with van der Waals surface area (Å²) in [5.74, 6) is 0.157. The van der Waals surface area contributed by atoms with Crippen LogP contribution in [0.2, 0.25) is 0 Å². The third kappa shape index (κ3) is 7.34. The molecule has 100 valence electrons. The van der Waals surface area contributed by atoms with Crippen LogP contribution in [0.5, 0.6) is 0 Å². The van der Waals surface area contributed by atoms with Crippen LogP contribution in [0, 0.1) is 0 Å². The molecule has 1 rings (SSSR count). The molecule has 0 heterocycles. The van der Waals surface area contributed by atoms with Gasteiger partial charge in [-0.2, -0.15) is 0 Å². The maximum atomic E-state index is 11.6. The Kier molecular flexibility index (Phi) is 7.21. The van der Waals surface area contributed by atoms with Gasteiger partial charge in [0.15, 0.2) is 0 Å². The van der Waals surface area contributed by atoms with Gasteiger partial charge in [-0.25, -0.2) is 0 Å². The number of hydrogen-bond donors (Lipinski definition) is 2. The van der Waals surface area contributed by atoms with Gasteiger partial charge in [0.05, 0.1) is 6.54 Å². The van der Waals surface area contributed by atoms with E-state index in [0.29, 0.717) is 12.6 Å². The molecule has 0 aromatic heterocycles. The number of rotatable bonds is 8. The smallest absolute Gasteiger partial charge is 0.234 e. The minimum atomic E-state index is 0.157. The fraction of sp³-hybridized carbons (Fsp3) is 0.923. The van der Waals surface area contributed by atoms with Gasteiger partial charge in [-0.3, -0.25) is 4.79 Å². The lowest BCUT2D eigenvalue weighted by Gasteiger charge is -2.12. The summed E-state index contributed by atoms with van der Waals surface area (Å²) in [4.78, 5) is 13.7. The number of nitrogens with zero attached hydrogens (tertiary/aromatic N) is 1. The molecular weight excluding hydrogens is 214 g/mol. The lowest BCUT2D eigenvalue weighted by atomic mass is 10.2. The molecule has 4 nitrogen and oxygen atoms in total.